The number of hydrogen-bond acceptors (Lipinski definition) is 4. The predicted molar refractivity (Wildman–Crippen MR) is 78.2 cm³/mol. The van der Waals surface area contributed by atoms with Crippen molar-refractivity contribution in [3.63, 3.8) is 0 Å². The van der Waals surface area contributed by atoms with E-state index in [-0.39, 0.29) is 0 Å². The maximum Gasteiger partial charge on any atom is 0.0810 e. The van der Waals surface area contributed by atoms with E-state index in [1.807, 2.05) is 17.9 Å². The first-order chi connectivity index (χ1) is 9.11. The molecule has 0 saturated carbocycles. The smallest absolute Gasteiger partial charge is 0.0810 e. The molecule has 5 nitrogen and oxygen atoms in total. The molecule has 0 radical (unpaired) electrons. The molecule has 0 aliphatic carbocycles. The minimum atomic E-state index is 0.303. The Balaban J connectivity index is 2.20. The van der Waals surface area contributed by atoms with E-state index in [0.717, 1.165) is 25.3 Å². The van der Waals surface area contributed by atoms with Gasteiger partial charge in [0.25, 0.3) is 0 Å². The topological polar surface area (TPSA) is 36.3 Å². The zero-order valence-corrected chi connectivity index (χ0v) is 12.6. The van der Waals surface area contributed by atoms with Gasteiger partial charge in [0.2, 0.25) is 0 Å². The Morgan fingerprint density at radius 1 is 1.37 bits per heavy atom. The first-order valence-corrected chi connectivity index (χ1v) is 7.23. The number of likely N-dealkylation sites (N-methyl/N-ethyl adjacent to an activating group) is 3. The van der Waals surface area contributed by atoms with Gasteiger partial charge in [-0.3, -0.25) is 4.68 Å². The molecule has 0 amide bonds. The van der Waals surface area contributed by atoms with Crippen LogP contribution in [0, 0.1) is 0 Å². The molecule has 2 atom stereocenters. The second-order valence-corrected chi connectivity index (χ2v) is 5.61. The fourth-order valence-corrected chi connectivity index (χ4v) is 2.92. The van der Waals surface area contributed by atoms with Crippen molar-refractivity contribution in [1.82, 2.24) is 24.9 Å². The highest BCUT2D eigenvalue weighted by atomic mass is 15.3. The van der Waals surface area contributed by atoms with Gasteiger partial charge in [-0.2, -0.15) is 5.10 Å². The number of hydrogen-bond donors (Lipinski definition) is 1. The summed E-state index contributed by atoms with van der Waals surface area (Å²) in [5.41, 5.74) is 1.15. The van der Waals surface area contributed by atoms with E-state index in [2.05, 4.69) is 47.3 Å². The Morgan fingerprint density at radius 2 is 2.16 bits per heavy atom. The Bertz CT molecular complexity index is 389. The molecule has 1 fully saturated rings. The molecule has 1 aromatic heterocycles. The summed E-state index contributed by atoms with van der Waals surface area (Å²) < 4.78 is 1.89. The van der Waals surface area contributed by atoms with Crippen LogP contribution >= 0.6 is 0 Å². The molecule has 1 N–H and O–H groups in total. The van der Waals surface area contributed by atoms with Crippen LogP contribution in [-0.2, 0) is 7.05 Å². The second kappa shape index (κ2) is 6.50. The lowest BCUT2D eigenvalue weighted by Crippen LogP contribution is -2.47. The predicted octanol–water partition coefficient (Wildman–Crippen LogP) is 0.707. The van der Waals surface area contributed by atoms with Gasteiger partial charge in [0, 0.05) is 25.8 Å². The highest BCUT2D eigenvalue weighted by molar-refractivity contribution is 5.10. The normalized spacial score (nSPS) is 24.3. The highest BCUT2D eigenvalue weighted by Gasteiger charge is 2.30. The maximum atomic E-state index is 4.60. The number of rotatable bonds is 4. The average molecular weight is 265 g/mol. The summed E-state index contributed by atoms with van der Waals surface area (Å²) in [6.45, 7) is 6.56. The summed E-state index contributed by atoms with van der Waals surface area (Å²) >= 11 is 0. The zero-order valence-electron chi connectivity index (χ0n) is 12.6. The minimum Gasteiger partial charge on any atom is -0.308 e. The molecule has 108 valence electrons. The van der Waals surface area contributed by atoms with E-state index in [4.69, 9.17) is 0 Å². The molecule has 2 heterocycles. The van der Waals surface area contributed by atoms with E-state index in [0.29, 0.717) is 12.1 Å². The summed E-state index contributed by atoms with van der Waals surface area (Å²) in [4.78, 5) is 4.91. The highest BCUT2D eigenvalue weighted by Crippen LogP contribution is 2.21. The molecule has 5 heteroatoms. The minimum absolute atomic E-state index is 0.303. The zero-order chi connectivity index (χ0) is 13.8. The molecule has 1 aromatic rings. The lowest BCUT2D eigenvalue weighted by atomic mass is 10.0. The van der Waals surface area contributed by atoms with E-state index in [1.54, 1.807) is 0 Å². The van der Waals surface area contributed by atoms with Gasteiger partial charge in [0.1, 0.15) is 0 Å². The van der Waals surface area contributed by atoms with Gasteiger partial charge < -0.3 is 15.1 Å². The molecular formula is C14H27N5. The third kappa shape index (κ3) is 3.55. The summed E-state index contributed by atoms with van der Waals surface area (Å²) in [5.74, 6) is 0. The van der Waals surface area contributed by atoms with E-state index in [9.17, 15) is 0 Å². The number of aryl methyl sites for hydroxylation is 1. The molecule has 0 aromatic carbocycles. The van der Waals surface area contributed by atoms with Crippen molar-refractivity contribution in [3.8, 4) is 0 Å². The van der Waals surface area contributed by atoms with Crippen LogP contribution in [0.2, 0.25) is 0 Å². The molecule has 1 saturated heterocycles. The third-order valence-electron chi connectivity index (χ3n) is 3.98. The van der Waals surface area contributed by atoms with Gasteiger partial charge in [0.05, 0.1) is 11.7 Å². The van der Waals surface area contributed by atoms with Crippen molar-refractivity contribution in [1.29, 1.82) is 0 Å². The van der Waals surface area contributed by atoms with E-state index < -0.39 is 0 Å². The van der Waals surface area contributed by atoms with Gasteiger partial charge in [-0.05, 0) is 46.2 Å². The van der Waals surface area contributed by atoms with Gasteiger partial charge in [-0.25, -0.2) is 0 Å². The van der Waals surface area contributed by atoms with Crippen LogP contribution in [0.25, 0.3) is 0 Å². The van der Waals surface area contributed by atoms with Crippen molar-refractivity contribution in [2.24, 2.45) is 7.05 Å². The van der Waals surface area contributed by atoms with Crippen molar-refractivity contribution in [3.05, 3.63) is 18.0 Å². The van der Waals surface area contributed by atoms with Crippen molar-refractivity contribution in [2.75, 3.05) is 40.3 Å². The summed E-state index contributed by atoms with van der Waals surface area (Å²) in [5, 5.41) is 8.22. The standard InChI is InChI=1S/C14H27N5/c1-5-15-14(12-7-10-19(4)16-12)13-11-17(2)8-6-9-18(13)3/h7,10,13-15H,5-6,8-9,11H2,1-4H3. The van der Waals surface area contributed by atoms with Crippen LogP contribution in [0.1, 0.15) is 25.1 Å². The Hall–Kier alpha value is -0.910. The first-order valence-electron chi connectivity index (χ1n) is 7.23. The second-order valence-electron chi connectivity index (χ2n) is 5.61. The molecule has 0 spiro atoms. The summed E-state index contributed by atoms with van der Waals surface area (Å²) in [7, 11) is 6.43. The van der Waals surface area contributed by atoms with Gasteiger partial charge in [0.15, 0.2) is 0 Å². The summed E-state index contributed by atoms with van der Waals surface area (Å²) in [6, 6.07) is 2.91. The maximum absolute atomic E-state index is 4.60. The van der Waals surface area contributed by atoms with Crippen molar-refractivity contribution in [2.45, 2.75) is 25.4 Å². The van der Waals surface area contributed by atoms with Crippen LogP contribution in [0.3, 0.4) is 0 Å². The average Bonchev–Trinajstić information content (AvgIpc) is 2.72. The fourth-order valence-electron chi connectivity index (χ4n) is 2.92. The van der Waals surface area contributed by atoms with Crippen LogP contribution < -0.4 is 5.32 Å². The molecule has 1 aliphatic rings. The molecule has 2 rings (SSSR count). The third-order valence-corrected chi connectivity index (χ3v) is 3.98. The first kappa shape index (κ1) is 14.5. The van der Waals surface area contributed by atoms with E-state index in [1.165, 1.54) is 13.0 Å². The van der Waals surface area contributed by atoms with Crippen molar-refractivity contribution < 1.29 is 0 Å². The van der Waals surface area contributed by atoms with E-state index >= 15 is 0 Å². The van der Waals surface area contributed by atoms with Crippen molar-refractivity contribution >= 4 is 0 Å². The van der Waals surface area contributed by atoms with Crippen LogP contribution in [0.5, 0.6) is 0 Å². The van der Waals surface area contributed by atoms with Gasteiger partial charge in [-0.15, -0.1) is 0 Å². The molecule has 2 unspecified atom stereocenters. The molecule has 19 heavy (non-hydrogen) atoms. The van der Waals surface area contributed by atoms with Gasteiger partial charge >= 0.3 is 0 Å². The van der Waals surface area contributed by atoms with Gasteiger partial charge in [-0.1, -0.05) is 6.92 Å². The lowest BCUT2D eigenvalue weighted by Gasteiger charge is -2.34. The van der Waals surface area contributed by atoms with Crippen LogP contribution in [-0.4, -0.2) is 65.9 Å². The number of aromatic nitrogens is 2. The largest absolute Gasteiger partial charge is 0.308 e. The fraction of sp³-hybridized carbons (Fsp3) is 0.786. The SMILES string of the molecule is CCNC(c1ccn(C)n1)C1CN(C)CCCN1C. The Kier molecular flexibility index (Phi) is 4.96. The molecular weight excluding hydrogens is 238 g/mol. The number of nitrogens with zero attached hydrogens (tertiary/aromatic N) is 4. The molecule has 1 aliphatic heterocycles. The Morgan fingerprint density at radius 3 is 2.79 bits per heavy atom. The van der Waals surface area contributed by atoms with Crippen LogP contribution in [0.15, 0.2) is 12.3 Å². The number of nitrogens with one attached hydrogen (secondary N) is 1. The Labute approximate surface area is 116 Å². The van der Waals surface area contributed by atoms with Crippen LogP contribution in [0.4, 0.5) is 0 Å². The summed E-state index contributed by atoms with van der Waals surface area (Å²) in [6.07, 6.45) is 3.27. The quantitative estimate of drug-likeness (QED) is 0.870. The molecule has 0 bridgehead atoms. The lowest BCUT2D eigenvalue weighted by molar-refractivity contribution is 0.177. The monoisotopic (exact) mass is 265 g/mol.